The second-order valence-electron chi connectivity index (χ2n) is 9.51. The predicted octanol–water partition coefficient (Wildman–Crippen LogP) is 8.81. The molecule has 0 spiro atoms. The van der Waals surface area contributed by atoms with E-state index in [0.717, 1.165) is 55.4 Å². The van der Waals surface area contributed by atoms with Gasteiger partial charge in [0, 0.05) is 33.6 Å². The first-order valence-electron chi connectivity index (χ1n) is 12.7. The van der Waals surface area contributed by atoms with Crippen molar-refractivity contribution in [1.82, 2.24) is 14.5 Å². The fourth-order valence-electron chi connectivity index (χ4n) is 5.52. The Morgan fingerprint density at radius 2 is 1.26 bits per heavy atom. The number of hydrogen-bond acceptors (Lipinski definition) is 3. The highest BCUT2D eigenvalue weighted by molar-refractivity contribution is 6.09. The maximum Gasteiger partial charge on any atom is 0.227 e. The van der Waals surface area contributed by atoms with E-state index in [0.29, 0.717) is 5.89 Å². The summed E-state index contributed by atoms with van der Waals surface area (Å²) in [6.45, 7) is 0. The van der Waals surface area contributed by atoms with E-state index in [1.165, 1.54) is 10.8 Å². The van der Waals surface area contributed by atoms with Crippen molar-refractivity contribution in [3.8, 4) is 28.3 Å². The van der Waals surface area contributed by atoms with Gasteiger partial charge in [-0.05, 0) is 59.7 Å². The lowest BCUT2D eigenvalue weighted by molar-refractivity contribution is 0.620. The lowest BCUT2D eigenvalue weighted by Crippen LogP contribution is -1.96. The SMILES string of the molecule is c1ccc(-c2cc(-c3nc4c(ccc5cccnc54)o3)cc(-n3c4ccccc4c4ccccc43)c2)cc1. The average molecular weight is 488 g/mol. The summed E-state index contributed by atoms with van der Waals surface area (Å²) < 4.78 is 8.67. The standard InChI is InChI=1S/C34H21N3O/c1-2-9-22(10-3-1)24-19-25(34-36-33-31(38-34)17-16-23-11-8-18-35-32(23)33)21-26(20-24)37-29-14-6-4-12-27(29)28-13-5-7-15-30(28)37/h1-21H. The Labute approximate surface area is 218 Å². The number of pyridine rings is 1. The Balaban J connectivity index is 1.43. The number of rotatable bonds is 3. The second-order valence-corrected chi connectivity index (χ2v) is 9.51. The molecule has 0 saturated carbocycles. The van der Waals surface area contributed by atoms with Crippen molar-refractivity contribution in [2.24, 2.45) is 0 Å². The Hall–Kier alpha value is -5.22. The lowest BCUT2D eigenvalue weighted by Gasteiger charge is -2.12. The van der Waals surface area contributed by atoms with Gasteiger partial charge in [-0.3, -0.25) is 4.98 Å². The molecule has 3 heterocycles. The summed E-state index contributed by atoms with van der Waals surface area (Å²) in [5.74, 6) is 0.581. The van der Waals surface area contributed by atoms with Crippen molar-refractivity contribution < 1.29 is 4.42 Å². The molecule has 0 N–H and O–H groups in total. The van der Waals surface area contributed by atoms with E-state index in [9.17, 15) is 0 Å². The number of fused-ring (bicyclic) bond motifs is 6. The number of oxazole rings is 1. The van der Waals surface area contributed by atoms with Crippen molar-refractivity contribution >= 4 is 43.8 Å². The predicted molar refractivity (Wildman–Crippen MR) is 155 cm³/mol. The Morgan fingerprint density at radius 3 is 2.05 bits per heavy atom. The minimum absolute atomic E-state index is 0.581. The van der Waals surface area contributed by atoms with Crippen molar-refractivity contribution in [3.63, 3.8) is 0 Å². The van der Waals surface area contributed by atoms with Crippen LogP contribution in [-0.4, -0.2) is 14.5 Å². The first-order chi connectivity index (χ1) is 18.8. The number of hydrogen-bond donors (Lipinski definition) is 0. The molecule has 0 bridgehead atoms. The average Bonchev–Trinajstić information content (AvgIpc) is 3.58. The molecule has 0 fully saturated rings. The number of nitrogens with zero attached hydrogens (tertiary/aromatic N) is 3. The molecule has 8 rings (SSSR count). The minimum atomic E-state index is 0.581. The van der Waals surface area contributed by atoms with Crippen molar-refractivity contribution in [3.05, 3.63) is 128 Å². The fraction of sp³-hybridized carbons (Fsp3) is 0. The van der Waals surface area contributed by atoms with Gasteiger partial charge < -0.3 is 8.98 Å². The smallest absolute Gasteiger partial charge is 0.227 e. The highest BCUT2D eigenvalue weighted by atomic mass is 16.3. The van der Waals surface area contributed by atoms with Crippen molar-refractivity contribution in [2.75, 3.05) is 0 Å². The third-order valence-corrected chi connectivity index (χ3v) is 7.24. The highest BCUT2D eigenvalue weighted by Crippen LogP contribution is 2.37. The maximum atomic E-state index is 6.34. The van der Waals surface area contributed by atoms with Gasteiger partial charge in [-0.25, -0.2) is 4.98 Å². The Morgan fingerprint density at radius 1 is 0.553 bits per heavy atom. The zero-order chi connectivity index (χ0) is 25.1. The number of para-hydroxylation sites is 2. The van der Waals surface area contributed by atoms with Gasteiger partial charge in [0.1, 0.15) is 5.52 Å². The summed E-state index contributed by atoms with van der Waals surface area (Å²) in [5, 5.41) is 3.51. The van der Waals surface area contributed by atoms with Gasteiger partial charge in [0.15, 0.2) is 5.58 Å². The van der Waals surface area contributed by atoms with Crippen LogP contribution < -0.4 is 0 Å². The zero-order valence-corrected chi connectivity index (χ0v) is 20.4. The van der Waals surface area contributed by atoms with Crippen LogP contribution in [0.15, 0.2) is 132 Å². The zero-order valence-electron chi connectivity index (χ0n) is 20.4. The van der Waals surface area contributed by atoms with E-state index < -0.39 is 0 Å². The minimum Gasteiger partial charge on any atom is -0.436 e. The first kappa shape index (κ1) is 20.9. The molecule has 0 aliphatic rings. The molecule has 38 heavy (non-hydrogen) atoms. The summed E-state index contributed by atoms with van der Waals surface area (Å²) >= 11 is 0. The van der Waals surface area contributed by atoms with Crippen LogP contribution in [0.5, 0.6) is 0 Å². The summed E-state index contributed by atoms with van der Waals surface area (Å²) in [7, 11) is 0. The molecule has 178 valence electrons. The summed E-state index contributed by atoms with van der Waals surface area (Å²) in [5.41, 5.74) is 8.91. The normalized spacial score (nSPS) is 11.7. The molecule has 5 aromatic carbocycles. The van der Waals surface area contributed by atoms with Gasteiger partial charge in [0.25, 0.3) is 0 Å². The quantitative estimate of drug-likeness (QED) is 0.250. The molecule has 8 aromatic rings. The number of benzene rings is 5. The molecule has 0 aliphatic heterocycles. The summed E-state index contributed by atoms with van der Waals surface area (Å²) in [4.78, 5) is 9.54. The van der Waals surface area contributed by atoms with Crippen molar-refractivity contribution in [2.45, 2.75) is 0 Å². The van der Waals surface area contributed by atoms with E-state index in [1.807, 2.05) is 30.3 Å². The first-order valence-corrected chi connectivity index (χ1v) is 12.7. The van der Waals surface area contributed by atoms with Crippen LogP contribution in [0.3, 0.4) is 0 Å². The molecular formula is C34H21N3O. The van der Waals surface area contributed by atoms with E-state index >= 15 is 0 Å². The molecule has 3 aromatic heterocycles. The molecule has 4 nitrogen and oxygen atoms in total. The van der Waals surface area contributed by atoms with E-state index in [-0.39, 0.29) is 0 Å². The molecule has 0 atom stereocenters. The highest BCUT2D eigenvalue weighted by Gasteiger charge is 2.17. The van der Waals surface area contributed by atoms with Gasteiger partial charge in [-0.1, -0.05) is 72.8 Å². The van der Waals surface area contributed by atoms with Gasteiger partial charge in [0.2, 0.25) is 5.89 Å². The van der Waals surface area contributed by atoms with Crippen molar-refractivity contribution in [1.29, 1.82) is 0 Å². The van der Waals surface area contributed by atoms with Crippen LogP contribution in [0.1, 0.15) is 0 Å². The monoisotopic (exact) mass is 487 g/mol. The lowest BCUT2D eigenvalue weighted by atomic mass is 10.0. The Bertz CT molecular complexity index is 2080. The molecule has 0 saturated heterocycles. The van der Waals surface area contributed by atoms with Gasteiger partial charge in [-0.2, -0.15) is 0 Å². The van der Waals surface area contributed by atoms with Gasteiger partial charge in [0.05, 0.1) is 16.6 Å². The Kier molecular flexibility index (Phi) is 4.49. The molecule has 0 unspecified atom stereocenters. The molecule has 0 radical (unpaired) electrons. The number of aromatic nitrogens is 3. The van der Waals surface area contributed by atoms with Gasteiger partial charge in [-0.15, -0.1) is 0 Å². The third-order valence-electron chi connectivity index (χ3n) is 7.24. The van der Waals surface area contributed by atoms with Gasteiger partial charge >= 0.3 is 0 Å². The summed E-state index contributed by atoms with van der Waals surface area (Å²) in [6.07, 6.45) is 1.80. The van der Waals surface area contributed by atoms with Crippen LogP contribution in [0.2, 0.25) is 0 Å². The van der Waals surface area contributed by atoms with Crippen LogP contribution in [-0.2, 0) is 0 Å². The molecular weight excluding hydrogens is 466 g/mol. The van der Waals surface area contributed by atoms with E-state index in [1.54, 1.807) is 6.20 Å². The van der Waals surface area contributed by atoms with E-state index in [4.69, 9.17) is 9.40 Å². The molecule has 0 aliphatic carbocycles. The van der Waals surface area contributed by atoms with Crippen LogP contribution >= 0.6 is 0 Å². The molecule has 0 amide bonds. The topological polar surface area (TPSA) is 43.9 Å². The van der Waals surface area contributed by atoms with E-state index in [2.05, 4.69) is 101 Å². The van der Waals surface area contributed by atoms with Crippen LogP contribution in [0.25, 0.3) is 72.1 Å². The largest absolute Gasteiger partial charge is 0.436 e. The van der Waals surface area contributed by atoms with Crippen LogP contribution in [0.4, 0.5) is 0 Å². The molecule has 4 heteroatoms. The third kappa shape index (κ3) is 3.17. The summed E-state index contributed by atoms with van der Waals surface area (Å²) in [6, 6.07) is 42.2. The fourth-order valence-corrected chi connectivity index (χ4v) is 5.52. The second kappa shape index (κ2) is 8.15. The maximum absolute atomic E-state index is 6.34. The van der Waals surface area contributed by atoms with Crippen LogP contribution in [0, 0.1) is 0 Å².